The summed E-state index contributed by atoms with van der Waals surface area (Å²) in [5.41, 5.74) is 30.5. The maximum Gasteiger partial charge on any atom is 0.160 e. The molecule has 22 rings (SSSR count). The van der Waals surface area contributed by atoms with Gasteiger partial charge in [0.25, 0.3) is 0 Å². The molecule has 0 radical (unpaired) electrons. The number of nitrogens with zero attached hydrogens (tertiary/aromatic N) is 4. The molecular formula is C104H64N4O2. The third-order valence-electron chi connectivity index (χ3n) is 23.0. The van der Waals surface area contributed by atoms with E-state index in [2.05, 4.69) is 382 Å². The Labute approximate surface area is 637 Å². The highest BCUT2D eigenvalue weighted by molar-refractivity contribution is 5.94. The second-order valence-corrected chi connectivity index (χ2v) is 29.0. The van der Waals surface area contributed by atoms with Gasteiger partial charge in [-0.15, -0.1) is 0 Å². The number of hydrogen-bond donors (Lipinski definition) is 0. The number of benzene rings is 16. The van der Waals surface area contributed by atoms with Crippen molar-refractivity contribution in [3.63, 3.8) is 0 Å². The summed E-state index contributed by atoms with van der Waals surface area (Å²) in [6.45, 7) is 0. The third kappa shape index (κ3) is 9.89. The molecule has 0 amide bonds. The first-order chi connectivity index (χ1) is 54.5. The minimum atomic E-state index is -0.694. The Morgan fingerprint density at radius 1 is 0.164 bits per heavy atom. The van der Waals surface area contributed by atoms with Crippen LogP contribution in [0, 0.1) is 0 Å². The highest BCUT2D eigenvalue weighted by atomic mass is 16.5. The minimum absolute atomic E-state index is 0.560. The van der Waals surface area contributed by atoms with Crippen molar-refractivity contribution in [2.45, 2.75) is 10.8 Å². The van der Waals surface area contributed by atoms with Crippen LogP contribution in [0.1, 0.15) is 44.5 Å². The number of hydrogen-bond acceptors (Lipinski definition) is 6. The van der Waals surface area contributed by atoms with Crippen molar-refractivity contribution >= 4 is 10.8 Å². The SMILES string of the molecule is c1ccc(-c2cc(-c3ccc4ccccc4c3)nc(-c3cccc(-c4ccc5c(c4)Oc4cc(-c6cccc(-c7cc(-c8ccccc8-c8ccccc8)nc(-c8cccc(-c9ccc%10c(c9)Oc9ccccc9C%109c%10ccccc%10-c%10ccccc%109)c8)n7)c6)ccc4C54c5ccccc5-c5ccccc54)c3)n2)cc1. The van der Waals surface area contributed by atoms with Crippen LogP contribution in [-0.4, -0.2) is 19.9 Å². The molecule has 2 aliphatic heterocycles. The van der Waals surface area contributed by atoms with Crippen LogP contribution in [0.15, 0.2) is 388 Å². The second-order valence-electron chi connectivity index (χ2n) is 29.0. The summed E-state index contributed by atoms with van der Waals surface area (Å²) >= 11 is 0. The Morgan fingerprint density at radius 3 is 0.991 bits per heavy atom. The number of aromatic nitrogens is 4. The predicted octanol–water partition coefficient (Wildman–Crippen LogP) is 26.0. The molecule has 512 valence electrons. The molecule has 18 aromatic rings. The molecule has 2 aliphatic carbocycles. The largest absolute Gasteiger partial charge is 0.457 e. The zero-order valence-electron chi connectivity index (χ0n) is 59.6. The summed E-state index contributed by atoms with van der Waals surface area (Å²) in [5.74, 6) is 4.53. The van der Waals surface area contributed by atoms with Crippen LogP contribution in [-0.2, 0) is 10.8 Å². The molecule has 0 saturated carbocycles. The number of fused-ring (bicyclic) bond motifs is 19. The second kappa shape index (κ2) is 25.1. The van der Waals surface area contributed by atoms with Crippen LogP contribution in [0.5, 0.6) is 23.0 Å². The first-order valence-electron chi connectivity index (χ1n) is 37.5. The average molecular weight is 1400 g/mol. The topological polar surface area (TPSA) is 70.0 Å². The van der Waals surface area contributed by atoms with E-state index in [-0.39, 0.29) is 0 Å². The van der Waals surface area contributed by atoms with Crippen LogP contribution in [0.2, 0.25) is 0 Å². The molecule has 0 unspecified atom stereocenters. The fourth-order valence-corrected chi connectivity index (χ4v) is 18.1. The lowest BCUT2D eigenvalue weighted by Crippen LogP contribution is -2.32. The van der Waals surface area contributed by atoms with E-state index in [0.717, 1.165) is 151 Å². The average Bonchev–Trinajstić information content (AvgIpc) is 1.50. The lowest BCUT2D eigenvalue weighted by atomic mass is 9.65. The Kier molecular flexibility index (Phi) is 14.3. The quantitative estimate of drug-likeness (QED) is 0.136. The van der Waals surface area contributed by atoms with E-state index in [0.29, 0.717) is 11.6 Å². The van der Waals surface area contributed by atoms with Crippen molar-refractivity contribution in [3.05, 3.63) is 433 Å². The predicted molar refractivity (Wildman–Crippen MR) is 444 cm³/mol. The molecule has 4 heterocycles. The minimum Gasteiger partial charge on any atom is -0.457 e. The molecule has 0 bridgehead atoms. The fraction of sp³-hybridized carbons (Fsp3) is 0.0192. The Hall–Kier alpha value is -14.5. The Bertz CT molecular complexity index is 6730. The molecule has 0 N–H and O–H groups in total. The van der Waals surface area contributed by atoms with E-state index < -0.39 is 10.8 Å². The van der Waals surface area contributed by atoms with Crippen molar-refractivity contribution in [3.8, 4) is 158 Å². The van der Waals surface area contributed by atoms with Crippen molar-refractivity contribution in [2.24, 2.45) is 0 Å². The number of rotatable bonds is 10. The third-order valence-corrected chi connectivity index (χ3v) is 23.0. The maximum atomic E-state index is 7.46. The van der Waals surface area contributed by atoms with Gasteiger partial charge in [0.1, 0.15) is 23.0 Å². The van der Waals surface area contributed by atoms with E-state index in [9.17, 15) is 0 Å². The summed E-state index contributed by atoms with van der Waals surface area (Å²) in [7, 11) is 0. The summed E-state index contributed by atoms with van der Waals surface area (Å²) in [4.78, 5) is 21.7. The van der Waals surface area contributed by atoms with Crippen molar-refractivity contribution in [1.82, 2.24) is 19.9 Å². The van der Waals surface area contributed by atoms with Gasteiger partial charge in [0, 0.05) is 55.6 Å². The van der Waals surface area contributed by atoms with Crippen LogP contribution in [0.3, 0.4) is 0 Å². The molecule has 6 nitrogen and oxygen atoms in total. The standard InChI is InChI=1S/C104H64N4O2/c1-3-25-66(26-4-1)79-36-9-10-41-84(79)96-64-95(107-102(108-96)78-35-23-32-71(59-78)73-51-53-90-98(60-73)109-97-47-20-19-46-89(97)103(90)85-42-15-11-37-80(85)81-38-12-16-43-86(81)103)75-33-21-30-69(57-75)72-50-54-91-99(61-72)110-100-62-74(52-55-92(100)104(91)87-44-17-13-39-82(87)83-40-14-18-45-88(83)104)70-31-22-34-77(58-70)101-105-93(67-27-5-2-6-28-67)63-94(106-101)76-49-48-65-24-7-8-29-68(65)56-76/h1-64H. The Balaban J connectivity index is 0.651. The molecule has 110 heavy (non-hydrogen) atoms. The Morgan fingerprint density at radius 2 is 0.482 bits per heavy atom. The van der Waals surface area contributed by atoms with Crippen LogP contribution < -0.4 is 9.47 Å². The normalized spacial score (nSPS) is 13.2. The van der Waals surface area contributed by atoms with Gasteiger partial charge in [-0.2, -0.15) is 0 Å². The van der Waals surface area contributed by atoms with Gasteiger partial charge in [0.05, 0.1) is 33.6 Å². The molecule has 0 saturated heterocycles. The lowest BCUT2D eigenvalue weighted by Gasteiger charge is -2.39. The molecule has 4 aliphatic rings. The smallest absolute Gasteiger partial charge is 0.160 e. The lowest BCUT2D eigenvalue weighted by molar-refractivity contribution is 0.436. The van der Waals surface area contributed by atoms with Gasteiger partial charge < -0.3 is 9.47 Å². The van der Waals surface area contributed by atoms with Gasteiger partial charge >= 0.3 is 0 Å². The van der Waals surface area contributed by atoms with E-state index in [1.54, 1.807) is 0 Å². The summed E-state index contributed by atoms with van der Waals surface area (Å²) in [5, 5.41) is 2.34. The summed E-state index contributed by atoms with van der Waals surface area (Å²) < 4.78 is 14.5. The highest BCUT2D eigenvalue weighted by Gasteiger charge is 2.53. The van der Waals surface area contributed by atoms with E-state index in [4.69, 9.17) is 29.4 Å². The highest BCUT2D eigenvalue weighted by Crippen LogP contribution is 2.65. The zero-order chi connectivity index (χ0) is 72.4. The van der Waals surface area contributed by atoms with Gasteiger partial charge in [-0.3, -0.25) is 0 Å². The van der Waals surface area contributed by atoms with Crippen LogP contribution >= 0.6 is 0 Å². The molecule has 0 fully saturated rings. The number of para-hydroxylation sites is 1. The molecule has 2 spiro atoms. The van der Waals surface area contributed by atoms with Gasteiger partial charge in [-0.25, -0.2) is 19.9 Å². The van der Waals surface area contributed by atoms with Gasteiger partial charge in [-0.05, 0) is 160 Å². The molecule has 0 atom stereocenters. The zero-order valence-corrected chi connectivity index (χ0v) is 59.6. The van der Waals surface area contributed by atoms with Gasteiger partial charge in [0.15, 0.2) is 11.6 Å². The summed E-state index contributed by atoms with van der Waals surface area (Å²) in [6, 6.07) is 139. The monoisotopic (exact) mass is 1400 g/mol. The van der Waals surface area contributed by atoms with E-state index >= 15 is 0 Å². The number of ether oxygens (including phenoxy) is 2. The molecule has 2 aromatic heterocycles. The first kappa shape index (κ1) is 62.9. The van der Waals surface area contributed by atoms with E-state index in [1.165, 1.54) is 49.9 Å². The molecule has 6 heteroatoms. The van der Waals surface area contributed by atoms with Crippen molar-refractivity contribution in [1.29, 1.82) is 0 Å². The van der Waals surface area contributed by atoms with Gasteiger partial charge in [0.2, 0.25) is 0 Å². The van der Waals surface area contributed by atoms with Crippen molar-refractivity contribution in [2.75, 3.05) is 0 Å². The van der Waals surface area contributed by atoms with Crippen molar-refractivity contribution < 1.29 is 9.47 Å². The summed E-state index contributed by atoms with van der Waals surface area (Å²) in [6.07, 6.45) is 0. The fourth-order valence-electron chi connectivity index (χ4n) is 18.1. The molecule has 16 aromatic carbocycles. The first-order valence-corrected chi connectivity index (χ1v) is 37.5. The van der Waals surface area contributed by atoms with Gasteiger partial charge in [-0.1, -0.05) is 328 Å². The van der Waals surface area contributed by atoms with E-state index in [1.807, 2.05) is 6.07 Å². The molecular weight excluding hydrogens is 1340 g/mol. The van der Waals surface area contributed by atoms with Crippen LogP contribution in [0.25, 0.3) is 145 Å². The maximum absolute atomic E-state index is 7.46. The van der Waals surface area contributed by atoms with Crippen LogP contribution in [0.4, 0.5) is 0 Å².